The Morgan fingerprint density at radius 3 is 2.62 bits per heavy atom. The van der Waals surface area contributed by atoms with Crippen molar-refractivity contribution in [3.05, 3.63) is 42.0 Å². The van der Waals surface area contributed by atoms with Gasteiger partial charge in [-0.25, -0.2) is 18.4 Å². The number of ether oxygens (including phenoxy) is 2. The number of amides is 1. The zero-order valence-corrected chi connectivity index (χ0v) is 22.9. The van der Waals surface area contributed by atoms with Crippen molar-refractivity contribution in [3.8, 4) is 0 Å². The van der Waals surface area contributed by atoms with Crippen LogP contribution in [0.25, 0.3) is 10.3 Å². The van der Waals surface area contributed by atoms with Gasteiger partial charge >= 0.3 is 0 Å². The molecule has 5 rings (SSSR count). The number of rotatable bonds is 10. The average Bonchev–Trinajstić information content (AvgIpc) is 3.71. The molecule has 2 saturated heterocycles. The summed E-state index contributed by atoms with van der Waals surface area (Å²) in [5, 5.41) is 15.8. The average molecular weight is 576 g/mol. The lowest BCUT2D eigenvalue weighted by Gasteiger charge is -2.15. The molecule has 0 bridgehead atoms. The number of aromatic nitrogens is 2. The fourth-order valence-electron chi connectivity index (χ4n) is 4.20. The van der Waals surface area contributed by atoms with Gasteiger partial charge in [-0.15, -0.1) is 0 Å². The molecule has 208 valence electrons. The van der Waals surface area contributed by atoms with Crippen molar-refractivity contribution >= 4 is 54.1 Å². The monoisotopic (exact) mass is 575 g/mol. The Balaban J connectivity index is 1.38. The van der Waals surface area contributed by atoms with Crippen LogP contribution in [0.15, 0.2) is 46.4 Å². The van der Waals surface area contributed by atoms with Gasteiger partial charge < -0.3 is 24.3 Å². The minimum absolute atomic E-state index is 0.000708. The summed E-state index contributed by atoms with van der Waals surface area (Å²) in [5.74, 6) is 0.108. The Morgan fingerprint density at radius 2 is 1.92 bits per heavy atom. The van der Waals surface area contributed by atoms with Gasteiger partial charge in [-0.05, 0) is 30.7 Å². The number of sulfone groups is 1. The van der Waals surface area contributed by atoms with E-state index in [4.69, 9.17) is 14.3 Å². The normalized spacial score (nSPS) is 19.9. The van der Waals surface area contributed by atoms with E-state index in [1.54, 1.807) is 24.3 Å². The highest BCUT2D eigenvalue weighted by atomic mass is 32.2. The van der Waals surface area contributed by atoms with Crippen molar-refractivity contribution in [2.45, 2.75) is 29.1 Å². The summed E-state index contributed by atoms with van der Waals surface area (Å²) in [7, 11) is -1.73. The van der Waals surface area contributed by atoms with Gasteiger partial charge in [-0.3, -0.25) is 10.1 Å². The van der Waals surface area contributed by atoms with E-state index in [0.717, 1.165) is 0 Å². The van der Waals surface area contributed by atoms with Gasteiger partial charge in [0, 0.05) is 32.2 Å². The van der Waals surface area contributed by atoms with E-state index in [1.165, 1.54) is 23.5 Å². The zero-order valence-electron chi connectivity index (χ0n) is 21.3. The molecule has 1 amide bonds. The van der Waals surface area contributed by atoms with E-state index in [2.05, 4.69) is 20.4 Å². The quantitative estimate of drug-likeness (QED) is 0.270. The third kappa shape index (κ3) is 6.20. The van der Waals surface area contributed by atoms with Crippen LogP contribution < -0.4 is 10.2 Å². The number of aliphatic hydroxyl groups is 1. The van der Waals surface area contributed by atoms with Gasteiger partial charge in [0.2, 0.25) is 0 Å². The number of pyridine rings is 1. The largest absolute Gasteiger partial charge is 0.395 e. The lowest BCUT2D eigenvalue weighted by Crippen LogP contribution is -2.25. The second-order valence-corrected chi connectivity index (χ2v) is 12.4. The van der Waals surface area contributed by atoms with Gasteiger partial charge in [0.25, 0.3) is 5.91 Å². The summed E-state index contributed by atoms with van der Waals surface area (Å²) >= 11 is 1.20. The minimum atomic E-state index is -3.55. The molecule has 3 aromatic rings. The Kier molecular flexibility index (Phi) is 8.37. The van der Waals surface area contributed by atoms with Crippen molar-refractivity contribution in [1.82, 2.24) is 9.97 Å². The number of carbonyl (C=O) groups excluding carboxylic acids is 1. The molecule has 0 radical (unpaired) electrons. The standard InChI is InChI=1S/C25H29N5O7S2/c1-30(10-11-31)21-7-6-20-24(27-21)38-25(26-20)28-23(32)22(29-37-17-8-12-35-14-17)16-2-4-18(5-3-16)39(33,34)19-9-13-36-15-19/h2-7,17,19,31H,8-15H2,1H3,(H,26,28,32)/t17-,19+/m1/s1. The van der Waals surface area contributed by atoms with Crippen LogP contribution in [0.3, 0.4) is 0 Å². The highest BCUT2D eigenvalue weighted by molar-refractivity contribution is 7.92. The number of hydrogen-bond acceptors (Lipinski definition) is 12. The van der Waals surface area contributed by atoms with Gasteiger partial charge in [-0.1, -0.05) is 28.6 Å². The summed E-state index contributed by atoms with van der Waals surface area (Å²) in [6.45, 7) is 1.94. The number of carbonyl (C=O) groups is 1. The predicted octanol–water partition coefficient (Wildman–Crippen LogP) is 1.83. The molecule has 2 aliphatic heterocycles. The van der Waals surface area contributed by atoms with E-state index in [0.29, 0.717) is 66.1 Å². The molecule has 4 heterocycles. The molecule has 0 unspecified atom stereocenters. The molecule has 0 aliphatic carbocycles. The first-order valence-electron chi connectivity index (χ1n) is 12.5. The van der Waals surface area contributed by atoms with E-state index in [-0.39, 0.29) is 29.9 Å². The third-order valence-corrected chi connectivity index (χ3v) is 9.53. The molecule has 2 aromatic heterocycles. The molecule has 0 saturated carbocycles. The molecule has 12 nitrogen and oxygen atoms in total. The van der Waals surface area contributed by atoms with Crippen LogP contribution in [0, 0.1) is 0 Å². The Bertz CT molecular complexity index is 1450. The van der Waals surface area contributed by atoms with Gasteiger partial charge in [0.15, 0.2) is 26.8 Å². The van der Waals surface area contributed by atoms with Crippen LogP contribution in [0.5, 0.6) is 0 Å². The highest BCUT2D eigenvalue weighted by Crippen LogP contribution is 2.27. The second-order valence-electron chi connectivity index (χ2n) is 9.20. The van der Waals surface area contributed by atoms with Crippen molar-refractivity contribution in [2.24, 2.45) is 5.16 Å². The lowest BCUT2D eigenvalue weighted by atomic mass is 10.1. The summed E-state index contributed by atoms with van der Waals surface area (Å²) in [6.07, 6.45) is 0.818. The maximum absolute atomic E-state index is 13.4. The van der Waals surface area contributed by atoms with Crippen molar-refractivity contribution in [2.75, 3.05) is 56.8 Å². The number of aliphatic hydroxyl groups excluding tert-OH is 1. The molecule has 2 aliphatic rings. The molecule has 14 heteroatoms. The topological polar surface area (TPSA) is 153 Å². The Morgan fingerprint density at radius 1 is 1.15 bits per heavy atom. The Labute approximate surface area is 229 Å². The van der Waals surface area contributed by atoms with Gasteiger partial charge in [0.05, 0.1) is 36.6 Å². The van der Waals surface area contributed by atoms with Crippen LogP contribution in [0.2, 0.25) is 0 Å². The lowest BCUT2D eigenvalue weighted by molar-refractivity contribution is -0.110. The third-order valence-electron chi connectivity index (χ3n) is 6.47. The molecule has 39 heavy (non-hydrogen) atoms. The summed E-state index contributed by atoms with van der Waals surface area (Å²) in [5.41, 5.74) is 0.977. The zero-order chi connectivity index (χ0) is 27.4. The van der Waals surface area contributed by atoms with E-state index < -0.39 is 21.0 Å². The fourth-order valence-corrected chi connectivity index (χ4v) is 6.61. The number of hydrogen-bond donors (Lipinski definition) is 2. The predicted molar refractivity (Wildman–Crippen MR) is 146 cm³/mol. The first-order chi connectivity index (χ1) is 18.8. The van der Waals surface area contributed by atoms with Crippen LogP contribution in [0.4, 0.5) is 10.9 Å². The number of anilines is 2. The Hall–Kier alpha value is -3.17. The van der Waals surface area contributed by atoms with Crippen LogP contribution >= 0.6 is 11.3 Å². The first kappa shape index (κ1) is 27.4. The number of fused-ring (bicyclic) bond motifs is 1. The second kappa shape index (κ2) is 11.9. The number of thiazole rings is 1. The van der Waals surface area contributed by atoms with Gasteiger partial charge in [-0.2, -0.15) is 0 Å². The minimum Gasteiger partial charge on any atom is -0.395 e. The molecule has 0 spiro atoms. The highest BCUT2D eigenvalue weighted by Gasteiger charge is 2.31. The van der Waals surface area contributed by atoms with Crippen LogP contribution in [0.1, 0.15) is 18.4 Å². The molecular weight excluding hydrogens is 546 g/mol. The number of likely N-dealkylation sites (N-methyl/N-ethyl adjacent to an activating group) is 1. The van der Waals surface area contributed by atoms with Gasteiger partial charge in [0.1, 0.15) is 16.2 Å². The summed E-state index contributed by atoms with van der Waals surface area (Å²) < 4.78 is 36.4. The van der Waals surface area contributed by atoms with Crippen LogP contribution in [-0.4, -0.2) is 93.1 Å². The number of benzene rings is 1. The number of nitrogens with one attached hydrogen (secondary N) is 1. The molecule has 2 N–H and O–H groups in total. The number of oxime groups is 1. The summed E-state index contributed by atoms with van der Waals surface area (Å²) in [6, 6.07) is 9.61. The van der Waals surface area contributed by atoms with E-state index in [1.807, 2.05) is 11.9 Å². The maximum Gasteiger partial charge on any atom is 0.280 e. The SMILES string of the molecule is CN(CCO)c1ccc2nc(NC(=O)C(=NO[C@@H]3CCOC3)c3ccc(S(=O)(=O)[C@H]4CCOC4)cc3)sc2n1. The molecule has 2 fully saturated rings. The van der Waals surface area contributed by atoms with Crippen molar-refractivity contribution < 1.29 is 32.6 Å². The van der Waals surface area contributed by atoms with Crippen LogP contribution in [-0.2, 0) is 28.9 Å². The number of nitrogens with zero attached hydrogens (tertiary/aromatic N) is 4. The smallest absolute Gasteiger partial charge is 0.280 e. The molecule has 2 atom stereocenters. The van der Waals surface area contributed by atoms with E-state index in [9.17, 15) is 18.3 Å². The maximum atomic E-state index is 13.4. The first-order valence-corrected chi connectivity index (χ1v) is 14.9. The van der Waals surface area contributed by atoms with Crippen molar-refractivity contribution in [3.63, 3.8) is 0 Å². The molecular formula is C25H29N5O7S2. The summed E-state index contributed by atoms with van der Waals surface area (Å²) in [4.78, 5) is 30.6. The van der Waals surface area contributed by atoms with E-state index >= 15 is 0 Å². The molecule has 1 aromatic carbocycles. The fraction of sp³-hybridized carbons (Fsp3) is 0.440. The van der Waals surface area contributed by atoms with Crippen molar-refractivity contribution in [1.29, 1.82) is 0 Å².